The van der Waals surface area contributed by atoms with Crippen molar-refractivity contribution in [1.82, 2.24) is 4.90 Å². The van der Waals surface area contributed by atoms with Gasteiger partial charge in [-0.25, -0.2) is 0 Å². The van der Waals surface area contributed by atoms with Gasteiger partial charge in [-0.1, -0.05) is 39.5 Å². The van der Waals surface area contributed by atoms with Crippen LogP contribution in [0.3, 0.4) is 0 Å². The van der Waals surface area contributed by atoms with E-state index in [1.165, 1.54) is 51.7 Å². The Hall–Kier alpha value is -0.0400. The van der Waals surface area contributed by atoms with Crippen molar-refractivity contribution in [2.75, 3.05) is 19.6 Å². The molecule has 1 heteroatoms. The monoisotopic (exact) mass is 195 g/mol. The summed E-state index contributed by atoms with van der Waals surface area (Å²) >= 11 is 0. The molecule has 82 valence electrons. The fourth-order valence-electron chi connectivity index (χ4n) is 3.11. The lowest BCUT2D eigenvalue weighted by atomic mass is 9.75. The van der Waals surface area contributed by atoms with Gasteiger partial charge in [-0.2, -0.15) is 0 Å². The van der Waals surface area contributed by atoms with Gasteiger partial charge in [-0.3, -0.25) is 0 Å². The predicted octanol–water partition coefficient (Wildman–Crippen LogP) is 3.15. The van der Waals surface area contributed by atoms with Crippen LogP contribution in [0, 0.1) is 17.8 Å². The lowest BCUT2D eigenvalue weighted by Crippen LogP contribution is -2.26. The lowest BCUT2D eigenvalue weighted by Gasteiger charge is -2.33. The molecule has 2 rings (SSSR count). The van der Waals surface area contributed by atoms with Crippen LogP contribution < -0.4 is 0 Å². The molecule has 0 radical (unpaired) electrons. The van der Waals surface area contributed by atoms with Crippen LogP contribution in [0.5, 0.6) is 0 Å². The fourth-order valence-corrected chi connectivity index (χ4v) is 3.11. The van der Waals surface area contributed by atoms with Crippen LogP contribution in [0.15, 0.2) is 0 Å². The van der Waals surface area contributed by atoms with Gasteiger partial charge >= 0.3 is 0 Å². The Kier molecular flexibility index (Phi) is 3.48. The molecule has 0 N–H and O–H groups in total. The van der Waals surface area contributed by atoms with Crippen molar-refractivity contribution in [3.8, 4) is 0 Å². The van der Waals surface area contributed by atoms with Crippen LogP contribution in [0.4, 0.5) is 0 Å². The standard InChI is InChI=1S/C13H25N/c1-3-12(10-14-7-8-14)13-6-4-5-11(2)9-13/h11-13H,3-10H2,1-2H3/t11-,12-,13-/m1/s1. The molecular formula is C13H25N. The van der Waals surface area contributed by atoms with Gasteiger partial charge in [0.25, 0.3) is 0 Å². The van der Waals surface area contributed by atoms with Gasteiger partial charge in [0.05, 0.1) is 0 Å². The predicted molar refractivity (Wildman–Crippen MR) is 61.3 cm³/mol. The minimum atomic E-state index is 0.997. The zero-order valence-electron chi connectivity index (χ0n) is 9.84. The molecule has 0 aromatic rings. The van der Waals surface area contributed by atoms with Gasteiger partial charge in [0.1, 0.15) is 0 Å². The average Bonchev–Trinajstić information content (AvgIpc) is 2.98. The van der Waals surface area contributed by atoms with Gasteiger partial charge in [0, 0.05) is 19.6 Å². The van der Waals surface area contributed by atoms with Crippen molar-refractivity contribution < 1.29 is 0 Å². The van der Waals surface area contributed by atoms with Gasteiger partial charge < -0.3 is 4.90 Å². The van der Waals surface area contributed by atoms with E-state index in [2.05, 4.69) is 18.7 Å². The highest BCUT2D eigenvalue weighted by Gasteiger charge is 2.29. The smallest absolute Gasteiger partial charge is 0.0110 e. The first-order valence-corrected chi connectivity index (χ1v) is 6.52. The van der Waals surface area contributed by atoms with E-state index in [4.69, 9.17) is 0 Å². The molecule has 0 spiro atoms. The molecule has 14 heavy (non-hydrogen) atoms. The summed E-state index contributed by atoms with van der Waals surface area (Å²) < 4.78 is 0. The minimum Gasteiger partial charge on any atom is -0.301 e. The summed E-state index contributed by atoms with van der Waals surface area (Å²) in [6, 6.07) is 0. The molecule has 0 amide bonds. The van der Waals surface area contributed by atoms with Crippen molar-refractivity contribution in [3.05, 3.63) is 0 Å². The molecule has 0 bridgehead atoms. The molecule has 1 saturated heterocycles. The molecule has 1 aliphatic heterocycles. The second kappa shape index (κ2) is 4.65. The first kappa shape index (κ1) is 10.5. The molecule has 3 atom stereocenters. The zero-order chi connectivity index (χ0) is 9.97. The Morgan fingerprint density at radius 2 is 2.07 bits per heavy atom. The average molecular weight is 195 g/mol. The lowest BCUT2D eigenvalue weighted by molar-refractivity contribution is 0.182. The topological polar surface area (TPSA) is 3.01 Å². The maximum Gasteiger partial charge on any atom is 0.0110 e. The van der Waals surface area contributed by atoms with Crippen molar-refractivity contribution in [3.63, 3.8) is 0 Å². The van der Waals surface area contributed by atoms with E-state index in [9.17, 15) is 0 Å². The van der Waals surface area contributed by atoms with Crippen molar-refractivity contribution in [2.24, 2.45) is 17.8 Å². The van der Waals surface area contributed by atoms with Crippen LogP contribution in [0.25, 0.3) is 0 Å². The zero-order valence-corrected chi connectivity index (χ0v) is 9.84. The Morgan fingerprint density at radius 1 is 1.29 bits per heavy atom. The van der Waals surface area contributed by atoms with Gasteiger partial charge in [0.2, 0.25) is 0 Å². The summed E-state index contributed by atoms with van der Waals surface area (Å²) in [4.78, 5) is 2.60. The SMILES string of the molecule is CC[C@H](CN1CC1)[C@@H]1CCC[C@@H](C)C1. The highest BCUT2D eigenvalue weighted by atomic mass is 15.3. The molecule has 2 fully saturated rings. The molecule has 0 unspecified atom stereocenters. The maximum absolute atomic E-state index is 2.60. The number of nitrogens with zero attached hydrogens (tertiary/aromatic N) is 1. The first-order valence-electron chi connectivity index (χ1n) is 6.52. The maximum atomic E-state index is 2.60. The third kappa shape index (κ3) is 2.73. The van der Waals surface area contributed by atoms with E-state index in [0.717, 1.165) is 17.8 Å². The second-order valence-corrected chi connectivity index (χ2v) is 5.50. The molecule has 1 heterocycles. The highest BCUT2D eigenvalue weighted by Crippen LogP contribution is 2.35. The van der Waals surface area contributed by atoms with Crippen LogP contribution in [-0.4, -0.2) is 24.5 Å². The molecule has 1 aliphatic carbocycles. The number of hydrogen-bond acceptors (Lipinski definition) is 1. The minimum absolute atomic E-state index is 0.997. The van der Waals surface area contributed by atoms with Crippen molar-refractivity contribution in [2.45, 2.75) is 46.0 Å². The van der Waals surface area contributed by atoms with Gasteiger partial charge in [-0.05, 0) is 24.2 Å². The summed E-state index contributed by atoms with van der Waals surface area (Å²) in [5, 5.41) is 0. The van der Waals surface area contributed by atoms with Crippen molar-refractivity contribution >= 4 is 0 Å². The molecule has 2 aliphatic rings. The van der Waals surface area contributed by atoms with E-state index in [-0.39, 0.29) is 0 Å². The second-order valence-electron chi connectivity index (χ2n) is 5.50. The molecule has 1 nitrogen and oxygen atoms in total. The van der Waals surface area contributed by atoms with E-state index >= 15 is 0 Å². The molecular weight excluding hydrogens is 170 g/mol. The summed E-state index contributed by atoms with van der Waals surface area (Å²) in [6.45, 7) is 8.97. The van der Waals surface area contributed by atoms with E-state index in [1.807, 2.05) is 0 Å². The van der Waals surface area contributed by atoms with E-state index in [0.29, 0.717) is 0 Å². The van der Waals surface area contributed by atoms with Crippen LogP contribution in [0.2, 0.25) is 0 Å². The summed E-state index contributed by atoms with van der Waals surface area (Å²) in [5.74, 6) is 3.04. The Labute approximate surface area is 88.9 Å². The Morgan fingerprint density at radius 3 is 2.64 bits per heavy atom. The largest absolute Gasteiger partial charge is 0.301 e. The van der Waals surface area contributed by atoms with Crippen LogP contribution >= 0.6 is 0 Å². The Balaban J connectivity index is 1.82. The summed E-state index contributed by atoms with van der Waals surface area (Å²) in [5.41, 5.74) is 0. The van der Waals surface area contributed by atoms with Crippen LogP contribution in [-0.2, 0) is 0 Å². The molecule has 0 aromatic carbocycles. The number of hydrogen-bond donors (Lipinski definition) is 0. The van der Waals surface area contributed by atoms with Gasteiger partial charge in [-0.15, -0.1) is 0 Å². The third-order valence-electron chi connectivity index (χ3n) is 4.20. The highest BCUT2D eigenvalue weighted by molar-refractivity contribution is 4.82. The number of rotatable bonds is 4. The quantitative estimate of drug-likeness (QED) is 0.623. The van der Waals surface area contributed by atoms with Crippen LogP contribution in [0.1, 0.15) is 46.0 Å². The van der Waals surface area contributed by atoms with E-state index < -0.39 is 0 Å². The van der Waals surface area contributed by atoms with Crippen molar-refractivity contribution in [1.29, 1.82) is 0 Å². The normalized spacial score (nSPS) is 35.6. The Bertz CT molecular complexity index is 172. The fraction of sp³-hybridized carbons (Fsp3) is 1.00. The van der Waals surface area contributed by atoms with Gasteiger partial charge in [0.15, 0.2) is 0 Å². The summed E-state index contributed by atoms with van der Waals surface area (Å²) in [7, 11) is 0. The molecule has 0 aromatic heterocycles. The van der Waals surface area contributed by atoms with E-state index in [1.54, 1.807) is 0 Å². The third-order valence-corrected chi connectivity index (χ3v) is 4.20. The first-order chi connectivity index (χ1) is 6.79. The summed E-state index contributed by atoms with van der Waals surface area (Å²) in [6.07, 6.45) is 7.38. The molecule has 1 saturated carbocycles.